The molecule has 24 heavy (non-hydrogen) atoms. The second-order valence-electron chi connectivity index (χ2n) is 6.66. The van der Waals surface area contributed by atoms with Crippen molar-refractivity contribution >= 4 is 29.1 Å². The molecule has 126 valence electrons. The summed E-state index contributed by atoms with van der Waals surface area (Å²) in [7, 11) is 0. The van der Waals surface area contributed by atoms with E-state index < -0.39 is 0 Å². The van der Waals surface area contributed by atoms with Gasteiger partial charge in [0.1, 0.15) is 5.69 Å². The third kappa shape index (κ3) is 3.18. The summed E-state index contributed by atoms with van der Waals surface area (Å²) in [5, 5.41) is 4.34. The van der Waals surface area contributed by atoms with Gasteiger partial charge >= 0.3 is 0 Å². The topological polar surface area (TPSA) is 48.1 Å². The molecule has 0 unspecified atom stereocenters. The highest BCUT2D eigenvalue weighted by Gasteiger charge is 2.35. The molecule has 2 aromatic rings. The van der Waals surface area contributed by atoms with Gasteiger partial charge in [-0.1, -0.05) is 23.2 Å². The van der Waals surface area contributed by atoms with E-state index in [1.54, 1.807) is 12.1 Å². The quantitative estimate of drug-likeness (QED) is 0.870. The van der Waals surface area contributed by atoms with Crippen LogP contribution in [0.4, 0.5) is 0 Å². The Morgan fingerprint density at radius 3 is 2.46 bits per heavy atom. The summed E-state index contributed by atoms with van der Waals surface area (Å²) >= 11 is 12.1. The van der Waals surface area contributed by atoms with E-state index >= 15 is 0 Å². The van der Waals surface area contributed by atoms with Crippen LogP contribution in [0.2, 0.25) is 10.0 Å². The van der Waals surface area contributed by atoms with Crippen molar-refractivity contribution in [3.8, 4) is 11.3 Å². The van der Waals surface area contributed by atoms with Crippen LogP contribution in [0, 0.1) is 5.92 Å². The van der Waals surface area contributed by atoms with Crippen LogP contribution in [-0.2, 0) is 0 Å². The van der Waals surface area contributed by atoms with Gasteiger partial charge in [0.2, 0.25) is 0 Å². The lowest BCUT2D eigenvalue weighted by molar-refractivity contribution is 0.0618. The van der Waals surface area contributed by atoms with E-state index in [9.17, 15) is 4.79 Å². The molecule has 0 radical (unpaired) electrons. The van der Waals surface area contributed by atoms with Crippen molar-refractivity contribution in [2.75, 3.05) is 19.6 Å². The molecule has 2 bridgehead atoms. The van der Waals surface area contributed by atoms with Crippen LogP contribution in [0.3, 0.4) is 0 Å². The Labute approximate surface area is 151 Å². The van der Waals surface area contributed by atoms with E-state index in [0.717, 1.165) is 17.8 Å². The van der Waals surface area contributed by atoms with Gasteiger partial charge < -0.3 is 15.2 Å². The molecule has 6 heteroatoms. The van der Waals surface area contributed by atoms with Gasteiger partial charge in [-0.05, 0) is 62.2 Å². The fourth-order valence-electron chi connectivity index (χ4n) is 3.78. The molecule has 2 N–H and O–H groups in total. The van der Waals surface area contributed by atoms with Crippen LogP contribution in [0.15, 0.2) is 30.3 Å². The van der Waals surface area contributed by atoms with Gasteiger partial charge in [-0.3, -0.25) is 4.79 Å². The zero-order valence-corrected chi connectivity index (χ0v) is 14.7. The largest absolute Gasteiger partial charge is 0.351 e. The molecular weight excluding hydrogens is 345 g/mol. The molecule has 0 spiro atoms. The summed E-state index contributed by atoms with van der Waals surface area (Å²) in [6.07, 6.45) is 2.36. The van der Waals surface area contributed by atoms with Gasteiger partial charge in [0, 0.05) is 33.9 Å². The summed E-state index contributed by atoms with van der Waals surface area (Å²) in [6.45, 7) is 3.30. The molecule has 3 saturated heterocycles. The molecule has 4 nitrogen and oxygen atoms in total. The Hall–Kier alpha value is -1.49. The summed E-state index contributed by atoms with van der Waals surface area (Å²) in [6, 6.07) is 9.29. The van der Waals surface area contributed by atoms with Crippen LogP contribution >= 0.6 is 23.2 Å². The predicted molar refractivity (Wildman–Crippen MR) is 96.7 cm³/mol. The van der Waals surface area contributed by atoms with Crippen LogP contribution < -0.4 is 5.32 Å². The number of H-pyrrole nitrogens is 1. The number of nitrogens with one attached hydrogen (secondary N) is 2. The number of benzene rings is 1. The summed E-state index contributed by atoms with van der Waals surface area (Å²) in [4.78, 5) is 18.2. The monoisotopic (exact) mass is 363 g/mol. The number of halogens is 2. The van der Waals surface area contributed by atoms with Crippen molar-refractivity contribution in [1.82, 2.24) is 15.2 Å². The highest BCUT2D eigenvalue weighted by atomic mass is 35.5. The molecule has 0 aliphatic carbocycles. The first-order valence-corrected chi connectivity index (χ1v) is 9.03. The first-order valence-electron chi connectivity index (χ1n) is 8.27. The maximum Gasteiger partial charge on any atom is 0.267 e. The number of hydrogen-bond donors (Lipinski definition) is 2. The molecular formula is C18H19Cl2N3O. The maximum atomic E-state index is 12.6. The highest BCUT2D eigenvalue weighted by molar-refractivity contribution is 6.35. The normalized spacial score (nSPS) is 25.7. The van der Waals surface area contributed by atoms with E-state index in [2.05, 4.69) is 15.2 Å². The summed E-state index contributed by atoms with van der Waals surface area (Å²) < 4.78 is 0. The summed E-state index contributed by atoms with van der Waals surface area (Å²) in [5.41, 5.74) is 2.27. The predicted octanol–water partition coefficient (Wildman–Crippen LogP) is 3.81. The van der Waals surface area contributed by atoms with Crippen molar-refractivity contribution in [3.63, 3.8) is 0 Å². The number of aromatic amines is 1. The molecule has 5 rings (SSSR count). The van der Waals surface area contributed by atoms with E-state index in [1.807, 2.05) is 18.2 Å². The molecule has 1 amide bonds. The average molecular weight is 364 g/mol. The van der Waals surface area contributed by atoms with Gasteiger partial charge in [-0.25, -0.2) is 0 Å². The number of amides is 1. The Kier molecular flexibility index (Phi) is 4.29. The van der Waals surface area contributed by atoms with Gasteiger partial charge in [0.25, 0.3) is 5.91 Å². The maximum absolute atomic E-state index is 12.6. The number of aromatic nitrogens is 1. The Morgan fingerprint density at radius 1 is 1.12 bits per heavy atom. The summed E-state index contributed by atoms with van der Waals surface area (Å²) in [5.74, 6) is 0.563. The lowest BCUT2D eigenvalue weighted by Crippen LogP contribution is -2.57. The van der Waals surface area contributed by atoms with Crippen molar-refractivity contribution < 1.29 is 4.79 Å². The van der Waals surface area contributed by atoms with Crippen LogP contribution in [0.25, 0.3) is 11.3 Å². The lowest BCUT2D eigenvalue weighted by atomic mass is 9.84. The van der Waals surface area contributed by atoms with E-state index in [4.69, 9.17) is 23.2 Å². The standard InChI is InChI=1S/C18H19Cl2N3O/c19-13-7-12(8-14(20)9-13)15-1-2-16(21-15)18(24)22-17-10-23-5-3-11(17)4-6-23/h1-2,7-9,11,17,21H,3-6,10H2,(H,22,24)/t17-/m0/s1. The minimum atomic E-state index is -0.0480. The van der Waals surface area contributed by atoms with Crippen LogP contribution in [0.5, 0.6) is 0 Å². The molecule has 1 aromatic heterocycles. The Morgan fingerprint density at radius 2 is 1.83 bits per heavy atom. The van der Waals surface area contributed by atoms with E-state index in [-0.39, 0.29) is 11.9 Å². The number of nitrogens with zero attached hydrogens (tertiary/aromatic N) is 1. The minimum absolute atomic E-state index is 0.0480. The van der Waals surface area contributed by atoms with Gasteiger partial charge in [-0.2, -0.15) is 0 Å². The smallest absolute Gasteiger partial charge is 0.267 e. The third-order valence-corrected chi connectivity index (χ3v) is 5.51. The van der Waals surface area contributed by atoms with Gasteiger partial charge in [0.15, 0.2) is 0 Å². The zero-order chi connectivity index (χ0) is 16.7. The number of fused-ring (bicyclic) bond motifs is 3. The Bertz CT molecular complexity index is 745. The number of piperidine rings is 3. The Balaban J connectivity index is 1.49. The second kappa shape index (κ2) is 6.43. The first-order chi connectivity index (χ1) is 11.6. The lowest BCUT2D eigenvalue weighted by Gasteiger charge is -2.44. The van der Waals surface area contributed by atoms with Gasteiger partial charge in [-0.15, -0.1) is 0 Å². The third-order valence-electron chi connectivity index (χ3n) is 5.08. The fraction of sp³-hybridized carbons (Fsp3) is 0.389. The molecule has 1 atom stereocenters. The molecule has 3 aliphatic heterocycles. The van der Waals surface area contributed by atoms with Crippen LogP contribution in [0.1, 0.15) is 23.3 Å². The number of hydrogen-bond acceptors (Lipinski definition) is 2. The highest BCUT2D eigenvalue weighted by Crippen LogP contribution is 2.29. The van der Waals surface area contributed by atoms with Gasteiger partial charge in [0.05, 0.1) is 0 Å². The van der Waals surface area contributed by atoms with Crippen molar-refractivity contribution in [2.24, 2.45) is 5.92 Å². The minimum Gasteiger partial charge on any atom is -0.351 e. The van der Waals surface area contributed by atoms with E-state index in [1.165, 1.54) is 25.9 Å². The number of rotatable bonds is 3. The molecule has 0 saturated carbocycles. The molecule has 1 aromatic carbocycles. The van der Waals surface area contributed by atoms with Crippen molar-refractivity contribution in [3.05, 3.63) is 46.1 Å². The number of carbonyl (C=O) groups excluding carboxylic acids is 1. The number of carbonyl (C=O) groups is 1. The SMILES string of the molecule is O=C(N[C@H]1CN2CCC1CC2)c1ccc(-c2cc(Cl)cc(Cl)c2)[nH]1. The van der Waals surface area contributed by atoms with Crippen molar-refractivity contribution in [2.45, 2.75) is 18.9 Å². The average Bonchev–Trinajstić information content (AvgIpc) is 3.05. The zero-order valence-electron chi connectivity index (χ0n) is 13.2. The first kappa shape index (κ1) is 16.0. The second-order valence-corrected chi connectivity index (χ2v) is 7.53. The molecule has 3 fully saturated rings. The molecule has 4 heterocycles. The fourth-order valence-corrected chi connectivity index (χ4v) is 4.31. The van der Waals surface area contributed by atoms with Crippen molar-refractivity contribution in [1.29, 1.82) is 0 Å². The molecule has 3 aliphatic rings. The van der Waals surface area contributed by atoms with E-state index in [0.29, 0.717) is 21.7 Å². The van der Waals surface area contributed by atoms with Crippen LogP contribution in [-0.4, -0.2) is 41.5 Å².